The van der Waals surface area contributed by atoms with E-state index < -0.39 is 11.9 Å². The van der Waals surface area contributed by atoms with Crippen molar-refractivity contribution in [2.24, 2.45) is 0 Å². The van der Waals surface area contributed by atoms with Crippen LogP contribution in [0, 0.1) is 0 Å². The van der Waals surface area contributed by atoms with Crippen molar-refractivity contribution >= 4 is 33.9 Å². The first kappa shape index (κ1) is 16.6. The van der Waals surface area contributed by atoms with Crippen LogP contribution in [-0.4, -0.2) is 40.4 Å². The molecule has 0 unspecified atom stereocenters. The third-order valence-electron chi connectivity index (χ3n) is 3.92. The molecule has 0 amide bonds. The number of ether oxygens (including phenoxy) is 4. The molecule has 3 rings (SSSR count). The molecule has 2 aromatic carbocycles. The first-order valence-electron chi connectivity index (χ1n) is 7.33. The van der Waals surface area contributed by atoms with Gasteiger partial charge < -0.3 is 23.4 Å². The summed E-state index contributed by atoms with van der Waals surface area (Å²) in [6, 6.07) is 6.43. The highest BCUT2D eigenvalue weighted by molar-refractivity contribution is 6.11. The Kier molecular flexibility index (Phi) is 4.22. The minimum absolute atomic E-state index is 0.260. The fourth-order valence-corrected chi connectivity index (χ4v) is 2.71. The molecular weight excluding hydrogens is 328 g/mol. The summed E-state index contributed by atoms with van der Waals surface area (Å²) in [5.74, 6) is -0.401. The second kappa shape index (κ2) is 6.35. The van der Waals surface area contributed by atoms with E-state index in [1.54, 1.807) is 24.3 Å². The molecule has 0 aliphatic heterocycles. The lowest BCUT2D eigenvalue weighted by atomic mass is 10.1. The van der Waals surface area contributed by atoms with Gasteiger partial charge in [0, 0.05) is 22.9 Å². The Labute approximate surface area is 143 Å². The quantitative estimate of drug-likeness (QED) is 0.672. The van der Waals surface area contributed by atoms with Crippen LogP contribution >= 0.6 is 0 Å². The summed E-state index contributed by atoms with van der Waals surface area (Å²) >= 11 is 0. The van der Waals surface area contributed by atoms with E-state index in [2.05, 4.69) is 0 Å². The molecule has 1 heterocycles. The minimum Gasteiger partial charge on any atom is -0.496 e. The molecule has 0 atom stereocenters. The second-order valence-corrected chi connectivity index (χ2v) is 5.18. The summed E-state index contributed by atoms with van der Waals surface area (Å²) in [5.41, 5.74) is 1.53. The highest BCUT2D eigenvalue weighted by Crippen LogP contribution is 2.37. The predicted molar refractivity (Wildman–Crippen MR) is 89.5 cm³/mol. The predicted octanol–water partition coefficient (Wildman–Crippen LogP) is 3.18. The fraction of sp³-hybridized carbons (Fsp3) is 0.222. The molecule has 0 radical (unpaired) electrons. The molecule has 0 fully saturated rings. The van der Waals surface area contributed by atoms with Crippen molar-refractivity contribution in [3.8, 4) is 11.5 Å². The van der Waals surface area contributed by atoms with Gasteiger partial charge in [-0.2, -0.15) is 0 Å². The standard InChI is InChI=1S/C18H16O7/c1-21-13-7-15-9(5-11(13)17(19)23-3)10-6-12(18(20)24-4)14(22-2)8-16(10)25-15/h5-8H,1-4H3. The van der Waals surface area contributed by atoms with Crippen LogP contribution in [0.5, 0.6) is 11.5 Å². The lowest BCUT2D eigenvalue weighted by Gasteiger charge is -2.07. The summed E-state index contributed by atoms with van der Waals surface area (Å²) in [6.45, 7) is 0. The van der Waals surface area contributed by atoms with Crippen LogP contribution in [-0.2, 0) is 9.47 Å². The number of carbonyl (C=O) groups excluding carboxylic acids is 2. The van der Waals surface area contributed by atoms with E-state index in [0.29, 0.717) is 33.4 Å². The highest BCUT2D eigenvalue weighted by Gasteiger charge is 2.21. The van der Waals surface area contributed by atoms with Gasteiger partial charge in [0.25, 0.3) is 0 Å². The number of esters is 2. The van der Waals surface area contributed by atoms with Gasteiger partial charge in [-0.3, -0.25) is 0 Å². The number of methoxy groups -OCH3 is 4. The van der Waals surface area contributed by atoms with E-state index in [9.17, 15) is 9.59 Å². The van der Waals surface area contributed by atoms with Gasteiger partial charge in [-0.05, 0) is 12.1 Å². The molecule has 0 aliphatic rings. The maximum absolute atomic E-state index is 12.0. The molecule has 7 heteroatoms. The molecular formula is C18H16O7. The molecule has 25 heavy (non-hydrogen) atoms. The average Bonchev–Trinajstić information content (AvgIpc) is 3.00. The number of hydrogen-bond acceptors (Lipinski definition) is 7. The van der Waals surface area contributed by atoms with E-state index in [4.69, 9.17) is 23.4 Å². The Morgan fingerprint density at radius 2 is 1.12 bits per heavy atom. The van der Waals surface area contributed by atoms with E-state index in [-0.39, 0.29) is 11.1 Å². The van der Waals surface area contributed by atoms with Crippen LogP contribution in [0.3, 0.4) is 0 Å². The van der Waals surface area contributed by atoms with Crippen molar-refractivity contribution in [2.45, 2.75) is 0 Å². The summed E-state index contributed by atoms with van der Waals surface area (Å²) in [7, 11) is 5.49. The minimum atomic E-state index is -0.533. The first-order chi connectivity index (χ1) is 12.0. The van der Waals surface area contributed by atoms with Crippen molar-refractivity contribution in [2.75, 3.05) is 28.4 Å². The van der Waals surface area contributed by atoms with Gasteiger partial charge >= 0.3 is 11.9 Å². The lowest BCUT2D eigenvalue weighted by Crippen LogP contribution is -2.04. The number of benzene rings is 2. The van der Waals surface area contributed by atoms with E-state index >= 15 is 0 Å². The summed E-state index contributed by atoms with van der Waals surface area (Å²) in [4.78, 5) is 24.0. The van der Waals surface area contributed by atoms with E-state index in [0.717, 1.165) is 0 Å². The van der Waals surface area contributed by atoms with Crippen molar-refractivity contribution in [3.05, 3.63) is 35.4 Å². The molecule has 0 saturated carbocycles. The molecule has 130 valence electrons. The molecule has 0 saturated heterocycles. The first-order valence-corrected chi connectivity index (χ1v) is 7.33. The topological polar surface area (TPSA) is 84.2 Å². The van der Waals surface area contributed by atoms with Crippen LogP contribution in [0.4, 0.5) is 0 Å². The van der Waals surface area contributed by atoms with Gasteiger partial charge in [0.2, 0.25) is 0 Å². The number of hydrogen-bond donors (Lipinski definition) is 0. The largest absolute Gasteiger partial charge is 0.496 e. The smallest absolute Gasteiger partial charge is 0.341 e. The van der Waals surface area contributed by atoms with Crippen molar-refractivity contribution < 1.29 is 33.0 Å². The van der Waals surface area contributed by atoms with Gasteiger partial charge in [-0.1, -0.05) is 0 Å². The SMILES string of the molecule is COC(=O)c1cc2c(cc1OC)oc1cc(OC)c(C(=O)OC)cc12. The van der Waals surface area contributed by atoms with Crippen LogP contribution in [0.25, 0.3) is 21.9 Å². The Morgan fingerprint density at radius 3 is 1.44 bits per heavy atom. The third-order valence-corrected chi connectivity index (χ3v) is 3.92. The zero-order valence-electron chi connectivity index (χ0n) is 14.2. The van der Waals surface area contributed by atoms with Gasteiger partial charge in [-0.15, -0.1) is 0 Å². The summed E-state index contributed by atoms with van der Waals surface area (Å²) < 4.78 is 25.9. The molecule has 1 aromatic heterocycles. The van der Waals surface area contributed by atoms with Crippen LogP contribution in [0.1, 0.15) is 20.7 Å². The van der Waals surface area contributed by atoms with Crippen LogP contribution < -0.4 is 9.47 Å². The number of furan rings is 1. The van der Waals surface area contributed by atoms with Gasteiger partial charge in [0.15, 0.2) is 0 Å². The molecule has 0 aliphatic carbocycles. The summed E-state index contributed by atoms with van der Waals surface area (Å²) in [6.07, 6.45) is 0. The average molecular weight is 344 g/mol. The summed E-state index contributed by atoms with van der Waals surface area (Å²) in [5, 5.41) is 1.29. The number of rotatable bonds is 4. The lowest BCUT2D eigenvalue weighted by molar-refractivity contribution is 0.0588. The monoisotopic (exact) mass is 344 g/mol. The van der Waals surface area contributed by atoms with Gasteiger partial charge in [0.05, 0.1) is 28.4 Å². The Morgan fingerprint density at radius 1 is 0.720 bits per heavy atom. The zero-order valence-corrected chi connectivity index (χ0v) is 14.2. The maximum atomic E-state index is 12.0. The third kappa shape index (κ3) is 2.63. The van der Waals surface area contributed by atoms with Gasteiger partial charge in [-0.25, -0.2) is 9.59 Å². The van der Waals surface area contributed by atoms with E-state index in [1.165, 1.54) is 28.4 Å². The Balaban J connectivity index is 2.35. The van der Waals surface area contributed by atoms with Gasteiger partial charge in [0.1, 0.15) is 33.8 Å². The number of fused-ring (bicyclic) bond motifs is 3. The number of carbonyl (C=O) groups is 2. The maximum Gasteiger partial charge on any atom is 0.341 e. The molecule has 0 bridgehead atoms. The Bertz CT molecular complexity index is 906. The van der Waals surface area contributed by atoms with Crippen LogP contribution in [0.15, 0.2) is 28.7 Å². The van der Waals surface area contributed by atoms with Crippen molar-refractivity contribution in [1.29, 1.82) is 0 Å². The van der Waals surface area contributed by atoms with Crippen molar-refractivity contribution in [1.82, 2.24) is 0 Å². The van der Waals surface area contributed by atoms with E-state index in [1.807, 2.05) is 0 Å². The Hall–Kier alpha value is -3.22. The molecule has 0 N–H and O–H groups in total. The molecule has 3 aromatic rings. The zero-order chi connectivity index (χ0) is 18.1. The molecule has 7 nitrogen and oxygen atoms in total. The fourth-order valence-electron chi connectivity index (χ4n) is 2.71. The van der Waals surface area contributed by atoms with Crippen LogP contribution in [0.2, 0.25) is 0 Å². The molecule has 0 spiro atoms. The highest BCUT2D eigenvalue weighted by atomic mass is 16.5. The normalized spacial score (nSPS) is 10.7. The second-order valence-electron chi connectivity index (χ2n) is 5.18. The van der Waals surface area contributed by atoms with Crippen molar-refractivity contribution in [3.63, 3.8) is 0 Å².